The van der Waals surface area contributed by atoms with Gasteiger partial charge in [-0.25, -0.2) is 0 Å². The van der Waals surface area contributed by atoms with Gasteiger partial charge in [0.15, 0.2) is 0 Å². The van der Waals surface area contributed by atoms with Gasteiger partial charge in [0.25, 0.3) is 10.1 Å². The molecule has 0 fully saturated rings. The minimum absolute atomic E-state index is 0.0741. The Morgan fingerprint density at radius 1 is 1.45 bits per heavy atom. The van der Waals surface area contributed by atoms with E-state index in [0.717, 1.165) is 0 Å². The quantitative estimate of drug-likeness (QED) is 0.604. The van der Waals surface area contributed by atoms with Gasteiger partial charge in [0.2, 0.25) is 0 Å². The van der Waals surface area contributed by atoms with Crippen molar-refractivity contribution in [1.29, 1.82) is 0 Å². The fourth-order valence-corrected chi connectivity index (χ4v) is 1.71. The second kappa shape index (κ2) is 4.04. The molecule has 0 saturated carbocycles. The zero-order chi connectivity index (χ0) is 9.07. The highest BCUT2D eigenvalue weighted by atomic mass is 32.2. The molecule has 0 amide bonds. The van der Waals surface area contributed by atoms with E-state index in [2.05, 4.69) is 5.32 Å². The number of hydrogen-bond acceptors (Lipinski definition) is 3. The van der Waals surface area contributed by atoms with Crippen LogP contribution in [0.15, 0.2) is 0 Å². The summed E-state index contributed by atoms with van der Waals surface area (Å²) in [7, 11) is -2.06. The first-order valence-corrected chi connectivity index (χ1v) is 5.10. The lowest BCUT2D eigenvalue weighted by atomic mass is 10.1. The molecule has 68 valence electrons. The van der Waals surface area contributed by atoms with E-state index in [-0.39, 0.29) is 17.7 Å². The van der Waals surface area contributed by atoms with Crippen molar-refractivity contribution >= 4 is 10.1 Å². The Morgan fingerprint density at radius 2 is 1.91 bits per heavy atom. The lowest BCUT2D eigenvalue weighted by Crippen LogP contribution is -2.32. The number of nitrogens with one attached hydrogen (secondary N) is 1. The summed E-state index contributed by atoms with van der Waals surface area (Å²) in [6.07, 6.45) is 0. The van der Waals surface area contributed by atoms with Crippen molar-refractivity contribution in [2.75, 3.05) is 12.8 Å². The van der Waals surface area contributed by atoms with Crippen molar-refractivity contribution in [2.45, 2.75) is 19.9 Å². The zero-order valence-electron chi connectivity index (χ0n) is 7.03. The van der Waals surface area contributed by atoms with Gasteiger partial charge < -0.3 is 5.32 Å². The molecule has 0 aliphatic heterocycles. The first-order valence-electron chi connectivity index (χ1n) is 3.49. The second-order valence-electron chi connectivity index (χ2n) is 2.80. The lowest BCUT2D eigenvalue weighted by Gasteiger charge is -2.16. The molecule has 0 spiro atoms. The molecule has 0 radical (unpaired) electrons. The molecular weight excluding hydrogens is 166 g/mol. The van der Waals surface area contributed by atoms with Gasteiger partial charge in [-0.1, -0.05) is 6.92 Å². The first-order chi connectivity index (χ1) is 4.87. The molecular formula is C6H15NO3S. The largest absolute Gasteiger partial charge is 0.317 e. The molecule has 0 aromatic carbocycles. The summed E-state index contributed by atoms with van der Waals surface area (Å²) < 4.78 is 29.3. The van der Waals surface area contributed by atoms with Crippen molar-refractivity contribution in [3.63, 3.8) is 0 Å². The molecule has 0 rings (SSSR count). The molecule has 4 nitrogen and oxygen atoms in total. The van der Waals surface area contributed by atoms with Gasteiger partial charge in [-0.3, -0.25) is 4.55 Å². The number of rotatable bonds is 4. The first kappa shape index (κ1) is 10.9. The summed E-state index contributed by atoms with van der Waals surface area (Å²) >= 11 is 0. The normalized spacial score (nSPS) is 17.8. The third kappa shape index (κ3) is 5.17. The fourth-order valence-electron chi connectivity index (χ4n) is 0.761. The average molecular weight is 181 g/mol. The van der Waals surface area contributed by atoms with Crippen LogP contribution in [0.3, 0.4) is 0 Å². The van der Waals surface area contributed by atoms with Crippen molar-refractivity contribution in [3.8, 4) is 0 Å². The van der Waals surface area contributed by atoms with Crippen LogP contribution in [-0.2, 0) is 10.1 Å². The van der Waals surface area contributed by atoms with Crippen molar-refractivity contribution in [3.05, 3.63) is 0 Å². The van der Waals surface area contributed by atoms with Crippen molar-refractivity contribution in [2.24, 2.45) is 5.92 Å². The molecule has 2 unspecified atom stereocenters. The van der Waals surface area contributed by atoms with Gasteiger partial charge >= 0.3 is 0 Å². The van der Waals surface area contributed by atoms with E-state index in [1.807, 2.05) is 6.92 Å². The molecule has 11 heavy (non-hydrogen) atoms. The number of hydrogen-bond donors (Lipinski definition) is 2. The Kier molecular flexibility index (Phi) is 3.99. The Hall–Kier alpha value is -0.130. The standard InChI is InChI=1S/C6H15NO3S/c1-5(6(2)7-3)4-11(8,9)10/h5-7H,4H2,1-3H3,(H,8,9,10). The fraction of sp³-hybridized carbons (Fsp3) is 1.00. The maximum Gasteiger partial charge on any atom is 0.265 e. The highest BCUT2D eigenvalue weighted by Gasteiger charge is 2.16. The van der Waals surface area contributed by atoms with Crippen molar-refractivity contribution < 1.29 is 13.0 Å². The monoisotopic (exact) mass is 181 g/mol. The lowest BCUT2D eigenvalue weighted by molar-refractivity contribution is 0.427. The Morgan fingerprint density at radius 3 is 2.18 bits per heavy atom. The molecule has 0 aliphatic rings. The summed E-state index contributed by atoms with van der Waals surface area (Å²) in [5.74, 6) is -0.260. The summed E-state index contributed by atoms with van der Waals surface area (Å²) in [5, 5.41) is 2.91. The molecule has 2 N–H and O–H groups in total. The summed E-state index contributed by atoms with van der Waals surface area (Å²) in [4.78, 5) is 0. The van der Waals surface area contributed by atoms with Crippen LogP contribution in [0.4, 0.5) is 0 Å². The van der Waals surface area contributed by atoms with Crippen LogP contribution in [0.1, 0.15) is 13.8 Å². The smallest absolute Gasteiger partial charge is 0.265 e. The van der Waals surface area contributed by atoms with Crippen LogP contribution >= 0.6 is 0 Å². The Bertz CT molecular complexity index is 200. The van der Waals surface area contributed by atoms with Crippen LogP contribution < -0.4 is 5.32 Å². The van der Waals surface area contributed by atoms with Crippen LogP contribution in [0.5, 0.6) is 0 Å². The highest BCUT2D eigenvalue weighted by molar-refractivity contribution is 7.85. The molecule has 2 atom stereocenters. The van der Waals surface area contributed by atoms with Gasteiger partial charge in [-0.15, -0.1) is 0 Å². The molecule has 0 aromatic rings. The third-order valence-electron chi connectivity index (χ3n) is 1.78. The van der Waals surface area contributed by atoms with Gasteiger partial charge in [0.1, 0.15) is 0 Å². The van der Waals surface area contributed by atoms with Crippen LogP contribution in [-0.4, -0.2) is 31.8 Å². The van der Waals surface area contributed by atoms with Gasteiger partial charge in [-0.05, 0) is 19.9 Å². The van der Waals surface area contributed by atoms with E-state index in [0.29, 0.717) is 0 Å². The molecule has 0 aliphatic carbocycles. The summed E-state index contributed by atoms with van der Waals surface area (Å²) in [6.45, 7) is 3.64. The maximum atomic E-state index is 10.4. The van der Waals surface area contributed by atoms with E-state index in [1.54, 1.807) is 14.0 Å². The third-order valence-corrected chi connectivity index (χ3v) is 2.73. The van der Waals surface area contributed by atoms with Crippen LogP contribution in [0.25, 0.3) is 0 Å². The Balaban J connectivity index is 3.98. The minimum atomic E-state index is -3.82. The topological polar surface area (TPSA) is 66.4 Å². The van der Waals surface area contributed by atoms with Gasteiger partial charge in [0.05, 0.1) is 5.75 Å². The van der Waals surface area contributed by atoms with E-state index in [9.17, 15) is 8.42 Å². The maximum absolute atomic E-state index is 10.4. The SMILES string of the molecule is CNC(C)C(C)CS(=O)(=O)O. The Labute approximate surface area is 67.7 Å². The van der Waals surface area contributed by atoms with Gasteiger partial charge in [-0.2, -0.15) is 8.42 Å². The highest BCUT2D eigenvalue weighted by Crippen LogP contribution is 2.04. The molecule has 0 heterocycles. The van der Waals surface area contributed by atoms with E-state index in [1.165, 1.54) is 0 Å². The second-order valence-corrected chi connectivity index (χ2v) is 4.30. The molecule has 0 bridgehead atoms. The molecule has 0 aromatic heterocycles. The summed E-state index contributed by atoms with van der Waals surface area (Å²) in [6, 6.07) is 0.0944. The zero-order valence-corrected chi connectivity index (χ0v) is 7.85. The summed E-state index contributed by atoms with van der Waals surface area (Å²) in [5.41, 5.74) is 0. The van der Waals surface area contributed by atoms with Crippen molar-refractivity contribution in [1.82, 2.24) is 5.32 Å². The van der Waals surface area contributed by atoms with Crippen LogP contribution in [0.2, 0.25) is 0 Å². The van der Waals surface area contributed by atoms with E-state index < -0.39 is 10.1 Å². The minimum Gasteiger partial charge on any atom is -0.317 e. The molecule has 0 saturated heterocycles. The predicted octanol–water partition coefficient (Wildman–Crippen LogP) is 0.118. The average Bonchev–Trinajstić information content (AvgIpc) is 1.82. The van der Waals surface area contributed by atoms with Gasteiger partial charge in [0, 0.05) is 6.04 Å². The van der Waals surface area contributed by atoms with E-state index in [4.69, 9.17) is 4.55 Å². The predicted molar refractivity (Wildman–Crippen MR) is 44.1 cm³/mol. The molecule has 5 heteroatoms. The van der Waals surface area contributed by atoms with E-state index >= 15 is 0 Å². The van der Waals surface area contributed by atoms with Crippen LogP contribution in [0, 0.1) is 5.92 Å².